The third-order valence-corrected chi connectivity index (χ3v) is 5.77. The minimum atomic E-state index is 0.274. The van der Waals surface area contributed by atoms with Crippen LogP contribution in [0.2, 0.25) is 0 Å². The van der Waals surface area contributed by atoms with Crippen LogP contribution in [0, 0.1) is 0 Å². The molecule has 0 unspecified atom stereocenters. The number of thiazole rings is 1. The summed E-state index contributed by atoms with van der Waals surface area (Å²) in [5.74, 6) is 3.32. The molecule has 0 aliphatic carbocycles. The highest BCUT2D eigenvalue weighted by Gasteiger charge is 2.20. The fourth-order valence-electron chi connectivity index (χ4n) is 3.18. The number of nitrogen functional groups attached to an aromatic ring is 1. The monoisotopic (exact) mass is 483 g/mol. The van der Waals surface area contributed by atoms with Gasteiger partial charge in [0.2, 0.25) is 0 Å². The number of benzene rings is 1. The highest BCUT2D eigenvalue weighted by Crippen LogP contribution is 2.32. The number of ether oxygens (including phenoxy) is 1. The first-order valence-electron chi connectivity index (χ1n) is 9.66. The van der Waals surface area contributed by atoms with Crippen molar-refractivity contribution in [2.24, 2.45) is 0 Å². The third kappa shape index (κ3) is 4.55. The maximum atomic E-state index is 6.20. The van der Waals surface area contributed by atoms with Crippen molar-refractivity contribution in [1.29, 1.82) is 0 Å². The van der Waals surface area contributed by atoms with Crippen LogP contribution in [0.25, 0.3) is 5.82 Å². The molecule has 8 heteroatoms. The number of hydrogen-bond donors (Lipinski definition) is 1. The van der Waals surface area contributed by atoms with Crippen LogP contribution in [-0.4, -0.2) is 19.5 Å². The summed E-state index contributed by atoms with van der Waals surface area (Å²) < 4.78 is 9.15. The number of nitrogens with zero attached hydrogens (tertiary/aromatic N) is 4. The second-order valence-electron chi connectivity index (χ2n) is 7.16. The molecule has 0 aliphatic heterocycles. The quantitative estimate of drug-likeness (QED) is 0.360. The molecule has 3 aromatic heterocycles. The Balaban J connectivity index is 1.74. The molecule has 0 spiro atoms. The molecule has 6 nitrogen and oxygen atoms in total. The van der Waals surface area contributed by atoms with Gasteiger partial charge >= 0.3 is 0 Å². The maximum absolute atomic E-state index is 6.20. The minimum Gasteiger partial charge on any atom is -0.453 e. The van der Waals surface area contributed by atoms with E-state index in [4.69, 9.17) is 20.4 Å². The third-order valence-electron chi connectivity index (χ3n) is 4.61. The molecular weight excluding hydrogens is 462 g/mol. The van der Waals surface area contributed by atoms with Gasteiger partial charge < -0.3 is 10.5 Å². The van der Waals surface area contributed by atoms with Gasteiger partial charge in [-0.3, -0.25) is 4.57 Å². The molecule has 0 aliphatic rings. The van der Waals surface area contributed by atoms with E-state index in [1.807, 2.05) is 48.0 Å². The number of pyridine rings is 1. The number of aryl methyl sites for hydroxylation is 2. The minimum absolute atomic E-state index is 0.274. The van der Waals surface area contributed by atoms with E-state index >= 15 is 0 Å². The van der Waals surface area contributed by atoms with Crippen molar-refractivity contribution in [3.63, 3.8) is 0 Å². The number of aromatic nitrogens is 4. The van der Waals surface area contributed by atoms with Gasteiger partial charge in [-0.05, 0) is 40.4 Å². The Labute approximate surface area is 187 Å². The van der Waals surface area contributed by atoms with Gasteiger partial charge in [0.25, 0.3) is 0 Å². The summed E-state index contributed by atoms with van der Waals surface area (Å²) in [5.41, 5.74) is 7.83. The van der Waals surface area contributed by atoms with Crippen LogP contribution < -0.4 is 10.5 Å². The lowest BCUT2D eigenvalue weighted by Gasteiger charge is -2.17. The van der Waals surface area contributed by atoms with Gasteiger partial charge in [0.15, 0.2) is 16.7 Å². The highest BCUT2D eigenvalue weighted by molar-refractivity contribution is 9.10. The zero-order valence-corrected chi connectivity index (χ0v) is 19.2. The van der Waals surface area contributed by atoms with E-state index in [-0.39, 0.29) is 5.92 Å². The second-order valence-corrected chi connectivity index (χ2v) is 8.96. The molecule has 4 rings (SSSR count). The van der Waals surface area contributed by atoms with Crippen molar-refractivity contribution in [2.75, 3.05) is 5.73 Å². The molecule has 0 saturated carbocycles. The SMILES string of the molecule is CC(C)c1cnc(CCc2csc(N)n2)n1-c1ncc(Br)cc1Oc1ccccc1. The largest absolute Gasteiger partial charge is 0.453 e. The molecule has 30 heavy (non-hydrogen) atoms. The summed E-state index contributed by atoms with van der Waals surface area (Å²) in [4.78, 5) is 13.8. The fourth-order valence-corrected chi connectivity index (χ4v) is 4.09. The zero-order chi connectivity index (χ0) is 21.1. The molecule has 0 saturated heterocycles. The number of halogens is 1. The smallest absolute Gasteiger partial charge is 0.182 e. The van der Waals surface area contributed by atoms with Crippen LogP contribution >= 0.6 is 27.3 Å². The summed E-state index contributed by atoms with van der Waals surface area (Å²) >= 11 is 4.97. The number of hydrogen-bond acceptors (Lipinski definition) is 6. The maximum Gasteiger partial charge on any atom is 0.182 e. The van der Waals surface area contributed by atoms with Crippen LogP contribution in [0.4, 0.5) is 5.13 Å². The number of imidazole rings is 1. The van der Waals surface area contributed by atoms with E-state index < -0.39 is 0 Å². The average Bonchev–Trinajstić information content (AvgIpc) is 3.33. The van der Waals surface area contributed by atoms with Gasteiger partial charge in [0.1, 0.15) is 11.6 Å². The van der Waals surface area contributed by atoms with Crippen molar-refractivity contribution in [2.45, 2.75) is 32.6 Å². The highest BCUT2D eigenvalue weighted by atomic mass is 79.9. The first-order chi connectivity index (χ1) is 14.5. The standard InChI is InChI=1S/C22H22BrN5OS/c1-14(2)18-12-25-20(9-8-16-13-30-22(24)27-16)28(18)21-19(10-15(23)11-26-21)29-17-6-4-3-5-7-17/h3-7,10-14H,8-9H2,1-2H3,(H2,24,27). The Morgan fingerprint density at radius 1 is 1.13 bits per heavy atom. The van der Waals surface area contributed by atoms with Crippen LogP contribution in [-0.2, 0) is 12.8 Å². The molecule has 1 aromatic carbocycles. The Hall–Kier alpha value is -2.71. The number of nitrogens with two attached hydrogens (primary N) is 1. The van der Waals surface area contributed by atoms with Crippen molar-refractivity contribution in [3.8, 4) is 17.3 Å². The lowest BCUT2D eigenvalue weighted by Crippen LogP contribution is -2.10. The molecular formula is C22H22BrN5OS. The molecule has 2 N–H and O–H groups in total. The molecule has 0 bridgehead atoms. The summed E-state index contributed by atoms with van der Waals surface area (Å²) in [5, 5.41) is 2.58. The molecule has 0 atom stereocenters. The second kappa shape index (κ2) is 8.97. The summed E-state index contributed by atoms with van der Waals surface area (Å²) in [6, 6.07) is 11.6. The summed E-state index contributed by atoms with van der Waals surface area (Å²) in [6.07, 6.45) is 5.18. The average molecular weight is 484 g/mol. The molecule has 4 aromatic rings. The Bertz CT molecular complexity index is 1140. The Morgan fingerprint density at radius 2 is 1.93 bits per heavy atom. The fraction of sp³-hybridized carbons (Fsp3) is 0.227. The Morgan fingerprint density at radius 3 is 2.63 bits per heavy atom. The van der Waals surface area contributed by atoms with Crippen LogP contribution in [0.15, 0.2) is 58.6 Å². The van der Waals surface area contributed by atoms with E-state index in [1.165, 1.54) is 11.3 Å². The Kier molecular flexibility index (Phi) is 6.15. The molecule has 154 valence electrons. The van der Waals surface area contributed by atoms with Gasteiger partial charge in [-0.1, -0.05) is 32.0 Å². The summed E-state index contributed by atoms with van der Waals surface area (Å²) in [6.45, 7) is 4.30. The number of anilines is 1. The van der Waals surface area contributed by atoms with Gasteiger partial charge in [-0.2, -0.15) is 0 Å². The van der Waals surface area contributed by atoms with Crippen molar-refractivity contribution in [3.05, 3.63) is 75.9 Å². The first-order valence-corrected chi connectivity index (χ1v) is 11.3. The van der Waals surface area contributed by atoms with Crippen molar-refractivity contribution in [1.82, 2.24) is 19.5 Å². The molecule has 0 fully saturated rings. The van der Waals surface area contributed by atoms with E-state index in [2.05, 4.69) is 39.3 Å². The van der Waals surface area contributed by atoms with Gasteiger partial charge in [-0.15, -0.1) is 11.3 Å². The zero-order valence-electron chi connectivity index (χ0n) is 16.7. The van der Waals surface area contributed by atoms with Gasteiger partial charge in [0, 0.05) is 40.4 Å². The first kappa shape index (κ1) is 20.6. The van der Waals surface area contributed by atoms with Crippen LogP contribution in [0.5, 0.6) is 11.5 Å². The van der Waals surface area contributed by atoms with E-state index in [1.54, 1.807) is 6.20 Å². The van der Waals surface area contributed by atoms with Gasteiger partial charge in [-0.25, -0.2) is 15.0 Å². The van der Waals surface area contributed by atoms with Crippen LogP contribution in [0.3, 0.4) is 0 Å². The van der Waals surface area contributed by atoms with Crippen molar-refractivity contribution >= 4 is 32.4 Å². The van der Waals surface area contributed by atoms with Gasteiger partial charge in [0.05, 0.1) is 5.69 Å². The van der Waals surface area contributed by atoms with Crippen LogP contribution in [0.1, 0.15) is 37.0 Å². The number of rotatable bonds is 7. The molecule has 3 heterocycles. The topological polar surface area (TPSA) is 78.9 Å². The van der Waals surface area contributed by atoms with E-state index in [9.17, 15) is 0 Å². The van der Waals surface area contributed by atoms with E-state index in [0.29, 0.717) is 10.9 Å². The number of para-hydroxylation sites is 1. The van der Waals surface area contributed by atoms with E-state index in [0.717, 1.165) is 46.1 Å². The normalized spacial score (nSPS) is 11.2. The lowest BCUT2D eigenvalue weighted by atomic mass is 10.1. The summed E-state index contributed by atoms with van der Waals surface area (Å²) in [7, 11) is 0. The van der Waals surface area contributed by atoms with Crippen molar-refractivity contribution < 1.29 is 4.74 Å². The predicted molar refractivity (Wildman–Crippen MR) is 124 cm³/mol. The molecule has 0 amide bonds. The molecule has 0 radical (unpaired) electrons. The lowest BCUT2D eigenvalue weighted by molar-refractivity contribution is 0.474. The predicted octanol–water partition coefficient (Wildman–Crippen LogP) is 5.77.